The third-order valence-corrected chi connectivity index (χ3v) is 5.85. The molecule has 3 aromatic rings. The molecule has 1 fully saturated rings. The molecule has 1 amide bonds. The minimum atomic E-state index is 0.138. The summed E-state index contributed by atoms with van der Waals surface area (Å²) in [6, 6.07) is 8.44. The lowest BCUT2D eigenvalue weighted by molar-refractivity contribution is -0.130. The Morgan fingerprint density at radius 2 is 1.93 bits per heavy atom. The quantitative estimate of drug-likeness (QED) is 0.645. The van der Waals surface area contributed by atoms with Gasteiger partial charge in [0.1, 0.15) is 6.33 Å². The second-order valence-electron chi connectivity index (χ2n) is 7.81. The molecule has 0 atom stereocenters. The van der Waals surface area contributed by atoms with E-state index in [4.69, 9.17) is 0 Å². The molecule has 7 heteroatoms. The number of carbonyl (C=O) groups is 1. The zero-order chi connectivity index (χ0) is 20.4. The third-order valence-electron chi connectivity index (χ3n) is 5.85. The Morgan fingerprint density at radius 3 is 2.72 bits per heavy atom. The van der Waals surface area contributed by atoms with Crippen LogP contribution in [0.15, 0.2) is 30.6 Å². The summed E-state index contributed by atoms with van der Waals surface area (Å²) < 4.78 is 1.74. The van der Waals surface area contributed by atoms with E-state index in [2.05, 4.69) is 44.2 Å². The number of nitrogens with zero attached hydrogens (tertiary/aromatic N) is 6. The van der Waals surface area contributed by atoms with E-state index in [0.29, 0.717) is 25.2 Å². The predicted octanol–water partition coefficient (Wildman–Crippen LogP) is 2.93. The molecule has 1 saturated heterocycles. The third kappa shape index (κ3) is 3.95. The maximum Gasteiger partial charge on any atom is 0.252 e. The van der Waals surface area contributed by atoms with Crippen LogP contribution in [-0.4, -0.2) is 50.5 Å². The van der Waals surface area contributed by atoms with Gasteiger partial charge in [-0.15, -0.1) is 0 Å². The second-order valence-corrected chi connectivity index (χ2v) is 7.81. The first kappa shape index (κ1) is 19.4. The van der Waals surface area contributed by atoms with Crippen molar-refractivity contribution in [2.24, 2.45) is 0 Å². The molecule has 1 aromatic carbocycles. The van der Waals surface area contributed by atoms with Gasteiger partial charge < -0.3 is 9.80 Å². The molecule has 0 N–H and O–H groups in total. The van der Waals surface area contributed by atoms with E-state index in [9.17, 15) is 4.79 Å². The maximum absolute atomic E-state index is 12.8. The fourth-order valence-corrected chi connectivity index (χ4v) is 4.19. The van der Waals surface area contributed by atoms with Gasteiger partial charge in [-0.2, -0.15) is 10.1 Å². The number of benzene rings is 1. The SMILES string of the molecule is Cc1nc2ncnn2c(C)c1CCC(=O)N(C)Cc1ccccc1N1CCCC1. The molecule has 0 unspecified atom stereocenters. The lowest BCUT2D eigenvalue weighted by Gasteiger charge is -2.24. The van der Waals surface area contributed by atoms with Crippen molar-refractivity contribution in [3.63, 3.8) is 0 Å². The number of carbonyl (C=O) groups excluding carboxylic acids is 1. The summed E-state index contributed by atoms with van der Waals surface area (Å²) in [5.41, 5.74) is 5.46. The first-order valence-electron chi connectivity index (χ1n) is 10.3. The number of amides is 1. The summed E-state index contributed by atoms with van der Waals surface area (Å²) in [4.78, 5) is 25.8. The molecule has 1 aliphatic heterocycles. The average Bonchev–Trinajstić information content (AvgIpc) is 3.40. The van der Waals surface area contributed by atoms with Crippen molar-refractivity contribution in [1.82, 2.24) is 24.5 Å². The van der Waals surface area contributed by atoms with Gasteiger partial charge in [0.05, 0.1) is 0 Å². The molecular weight excluding hydrogens is 364 g/mol. The van der Waals surface area contributed by atoms with Crippen LogP contribution in [0.25, 0.3) is 5.78 Å². The number of hydrogen-bond donors (Lipinski definition) is 0. The standard InChI is InChI=1S/C22H28N6O/c1-16-19(17(2)28-22(25-16)23-15-24-28)10-11-21(29)26(3)14-18-8-4-5-9-20(18)27-12-6-7-13-27/h4-5,8-9,15H,6-7,10-14H2,1-3H3. The molecule has 0 saturated carbocycles. The molecule has 29 heavy (non-hydrogen) atoms. The monoisotopic (exact) mass is 392 g/mol. The molecule has 0 bridgehead atoms. The molecule has 0 aliphatic carbocycles. The van der Waals surface area contributed by atoms with Gasteiger partial charge in [0.25, 0.3) is 5.78 Å². The zero-order valence-corrected chi connectivity index (χ0v) is 17.4. The van der Waals surface area contributed by atoms with E-state index >= 15 is 0 Å². The van der Waals surface area contributed by atoms with Crippen molar-refractivity contribution >= 4 is 17.4 Å². The van der Waals surface area contributed by atoms with Crippen molar-refractivity contribution in [3.8, 4) is 0 Å². The number of aromatic nitrogens is 4. The van der Waals surface area contributed by atoms with Gasteiger partial charge in [-0.1, -0.05) is 18.2 Å². The Morgan fingerprint density at radius 1 is 1.17 bits per heavy atom. The summed E-state index contributed by atoms with van der Waals surface area (Å²) in [5.74, 6) is 0.740. The minimum absolute atomic E-state index is 0.138. The van der Waals surface area contributed by atoms with E-state index in [-0.39, 0.29) is 5.91 Å². The van der Waals surface area contributed by atoms with Crippen LogP contribution in [0.2, 0.25) is 0 Å². The Hall–Kier alpha value is -2.96. The first-order chi connectivity index (χ1) is 14.0. The van der Waals surface area contributed by atoms with E-state index in [1.807, 2.05) is 25.8 Å². The van der Waals surface area contributed by atoms with Crippen molar-refractivity contribution < 1.29 is 4.79 Å². The van der Waals surface area contributed by atoms with Gasteiger partial charge >= 0.3 is 0 Å². The highest BCUT2D eigenvalue weighted by atomic mass is 16.2. The summed E-state index contributed by atoms with van der Waals surface area (Å²) >= 11 is 0. The fraction of sp³-hybridized carbons (Fsp3) is 0.455. The Bertz CT molecular complexity index is 1020. The molecule has 1 aliphatic rings. The fourth-order valence-electron chi connectivity index (χ4n) is 4.19. The van der Waals surface area contributed by atoms with E-state index < -0.39 is 0 Å². The Labute approximate surface area is 171 Å². The minimum Gasteiger partial charge on any atom is -0.371 e. The highest BCUT2D eigenvalue weighted by Crippen LogP contribution is 2.25. The van der Waals surface area contributed by atoms with Crippen LogP contribution in [0.5, 0.6) is 0 Å². The largest absolute Gasteiger partial charge is 0.371 e. The van der Waals surface area contributed by atoms with Gasteiger partial charge in [0.2, 0.25) is 5.91 Å². The van der Waals surface area contributed by atoms with Crippen molar-refractivity contribution in [2.45, 2.75) is 46.1 Å². The summed E-state index contributed by atoms with van der Waals surface area (Å²) in [6.45, 7) is 6.81. The topological polar surface area (TPSA) is 66.6 Å². The highest BCUT2D eigenvalue weighted by Gasteiger charge is 2.18. The summed E-state index contributed by atoms with van der Waals surface area (Å²) in [6.07, 6.45) is 5.09. The molecule has 4 rings (SSSR count). The number of aryl methyl sites for hydroxylation is 2. The lowest BCUT2D eigenvalue weighted by Crippen LogP contribution is -2.28. The van der Waals surface area contributed by atoms with Crippen LogP contribution in [0, 0.1) is 13.8 Å². The Kier molecular flexibility index (Phi) is 5.47. The maximum atomic E-state index is 12.8. The predicted molar refractivity (Wildman–Crippen MR) is 113 cm³/mol. The molecule has 0 spiro atoms. The first-order valence-corrected chi connectivity index (χ1v) is 10.3. The van der Waals surface area contributed by atoms with Gasteiger partial charge in [0.15, 0.2) is 0 Å². The molecule has 152 valence electrons. The zero-order valence-electron chi connectivity index (χ0n) is 17.4. The molecule has 0 radical (unpaired) electrons. The number of rotatable bonds is 6. The normalized spacial score (nSPS) is 14.0. The van der Waals surface area contributed by atoms with Crippen LogP contribution < -0.4 is 4.90 Å². The lowest BCUT2D eigenvalue weighted by atomic mass is 10.1. The molecule has 7 nitrogen and oxygen atoms in total. The van der Waals surface area contributed by atoms with Crippen molar-refractivity contribution in [2.75, 3.05) is 25.0 Å². The highest BCUT2D eigenvalue weighted by molar-refractivity contribution is 5.76. The second kappa shape index (κ2) is 8.19. The van der Waals surface area contributed by atoms with E-state index in [1.165, 1.54) is 30.4 Å². The number of fused-ring (bicyclic) bond motifs is 1. The van der Waals surface area contributed by atoms with Crippen molar-refractivity contribution in [3.05, 3.63) is 53.1 Å². The van der Waals surface area contributed by atoms with Crippen LogP contribution in [0.4, 0.5) is 5.69 Å². The van der Waals surface area contributed by atoms with Crippen LogP contribution in [0.1, 0.15) is 41.8 Å². The average molecular weight is 393 g/mol. The van der Waals surface area contributed by atoms with E-state index in [0.717, 1.165) is 30.0 Å². The number of para-hydroxylation sites is 1. The van der Waals surface area contributed by atoms with Crippen LogP contribution >= 0.6 is 0 Å². The van der Waals surface area contributed by atoms with E-state index in [1.54, 1.807) is 4.52 Å². The molecule has 2 aromatic heterocycles. The Balaban J connectivity index is 1.43. The van der Waals surface area contributed by atoms with Gasteiger partial charge in [-0.3, -0.25) is 4.79 Å². The smallest absolute Gasteiger partial charge is 0.252 e. The van der Waals surface area contributed by atoms with Gasteiger partial charge in [-0.25, -0.2) is 9.50 Å². The van der Waals surface area contributed by atoms with Gasteiger partial charge in [-0.05, 0) is 50.3 Å². The summed E-state index contributed by atoms with van der Waals surface area (Å²) in [5, 5.41) is 4.23. The van der Waals surface area contributed by atoms with Crippen LogP contribution in [0.3, 0.4) is 0 Å². The number of anilines is 1. The van der Waals surface area contributed by atoms with Crippen molar-refractivity contribution in [1.29, 1.82) is 0 Å². The van der Waals surface area contributed by atoms with Crippen LogP contribution in [-0.2, 0) is 17.8 Å². The molecular formula is C22H28N6O. The molecule has 3 heterocycles. The number of hydrogen-bond acceptors (Lipinski definition) is 5. The summed E-state index contributed by atoms with van der Waals surface area (Å²) in [7, 11) is 1.89. The van der Waals surface area contributed by atoms with Gasteiger partial charge in [0, 0.05) is 50.2 Å².